The Hall–Kier alpha value is -1.72. The van der Waals surface area contributed by atoms with Crippen LogP contribution in [-0.4, -0.2) is 19.7 Å². The molecule has 3 nitrogen and oxygen atoms in total. The highest BCUT2D eigenvalue weighted by Crippen LogP contribution is 2.25. The summed E-state index contributed by atoms with van der Waals surface area (Å²) >= 11 is 1.22. The summed E-state index contributed by atoms with van der Waals surface area (Å²) in [6.07, 6.45) is 1.18. The minimum Gasteiger partial charge on any atom is -0.225 e. The standard InChI is InChI=1S/C9H9NO2S2.C9H12/c1-6-3-4-7-8(5-6)13-9(10-7)14(2,11)12;1-7-4-8(2)6-9(3)5-7/h3-5H,1-2H3;4-6H,1-3H3. The molecule has 0 spiro atoms. The number of thiazole rings is 1. The molecule has 3 aromatic rings. The summed E-state index contributed by atoms with van der Waals surface area (Å²) in [5, 5.41) is 0. The van der Waals surface area contributed by atoms with E-state index in [9.17, 15) is 8.42 Å². The molecule has 0 fully saturated rings. The second-order valence-corrected chi connectivity index (χ2v) is 9.11. The molecular weight excluding hydrogens is 326 g/mol. The number of sulfone groups is 1. The van der Waals surface area contributed by atoms with Crippen molar-refractivity contribution in [3.05, 3.63) is 58.7 Å². The van der Waals surface area contributed by atoms with Crippen LogP contribution in [0.3, 0.4) is 0 Å². The molecule has 122 valence electrons. The van der Waals surface area contributed by atoms with Gasteiger partial charge in [-0.15, -0.1) is 11.3 Å². The number of hydrogen-bond acceptors (Lipinski definition) is 4. The zero-order valence-electron chi connectivity index (χ0n) is 14.0. The third-order valence-corrected chi connectivity index (χ3v) is 5.90. The van der Waals surface area contributed by atoms with E-state index in [1.807, 2.05) is 25.1 Å². The Kier molecular flexibility index (Phi) is 5.22. The Bertz CT molecular complexity index is 890. The lowest BCUT2D eigenvalue weighted by Crippen LogP contribution is -1.94. The van der Waals surface area contributed by atoms with Crippen LogP contribution >= 0.6 is 11.3 Å². The van der Waals surface area contributed by atoms with Crippen molar-refractivity contribution < 1.29 is 8.42 Å². The number of hydrogen-bond donors (Lipinski definition) is 0. The molecule has 0 amide bonds. The maximum absolute atomic E-state index is 11.2. The first-order valence-corrected chi connectivity index (χ1v) is 9.98. The van der Waals surface area contributed by atoms with Crippen LogP contribution < -0.4 is 0 Å². The molecular formula is C18H21NO2S2. The first-order valence-electron chi connectivity index (χ1n) is 7.27. The van der Waals surface area contributed by atoms with Gasteiger partial charge in [-0.3, -0.25) is 0 Å². The van der Waals surface area contributed by atoms with Crippen molar-refractivity contribution in [3.63, 3.8) is 0 Å². The van der Waals surface area contributed by atoms with Gasteiger partial charge >= 0.3 is 0 Å². The molecule has 0 saturated heterocycles. The first kappa shape index (κ1) is 17.6. The molecule has 0 aliphatic carbocycles. The Labute approximate surface area is 141 Å². The minimum absolute atomic E-state index is 0.193. The number of rotatable bonds is 1. The van der Waals surface area contributed by atoms with Gasteiger partial charge in [0.2, 0.25) is 14.2 Å². The van der Waals surface area contributed by atoms with Gasteiger partial charge in [0, 0.05) is 6.26 Å². The Balaban J connectivity index is 0.000000185. The third kappa shape index (κ3) is 4.88. The summed E-state index contributed by atoms with van der Waals surface area (Å²) in [5.41, 5.74) is 5.93. The van der Waals surface area contributed by atoms with Crippen LogP contribution in [0.25, 0.3) is 10.2 Å². The maximum atomic E-state index is 11.2. The quantitative estimate of drug-likeness (QED) is 0.645. The van der Waals surface area contributed by atoms with Gasteiger partial charge in [-0.1, -0.05) is 41.0 Å². The van der Waals surface area contributed by atoms with Crippen molar-refractivity contribution in [1.82, 2.24) is 4.98 Å². The molecule has 1 aromatic heterocycles. The normalized spacial score (nSPS) is 11.2. The summed E-state index contributed by atoms with van der Waals surface area (Å²) in [7, 11) is -3.17. The smallest absolute Gasteiger partial charge is 0.210 e. The number of benzene rings is 2. The molecule has 0 unspecified atom stereocenters. The lowest BCUT2D eigenvalue weighted by molar-refractivity contribution is 0.601. The van der Waals surface area contributed by atoms with Crippen LogP contribution in [-0.2, 0) is 9.84 Å². The fourth-order valence-electron chi connectivity index (χ4n) is 2.37. The van der Waals surface area contributed by atoms with E-state index < -0.39 is 9.84 Å². The van der Waals surface area contributed by atoms with Gasteiger partial charge in [-0.2, -0.15) is 0 Å². The van der Waals surface area contributed by atoms with Crippen molar-refractivity contribution in [1.29, 1.82) is 0 Å². The third-order valence-electron chi connectivity index (χ3n) is 3.21. The lowest BCUT2D eigenvalue weighted by Gasteiger charge is -1.96. The van der Waals surface area contributed by atoms with Crippen molar-refractivity contribution in [2.45, 2.75) is 32.0 Å². The van der Waals surface area contributed by atoms with Crippen LogP contribution in [0.4, 0.5) is 0 Å². The highest BCUT2D eigenvalue weighted by molar-refractivity contribution is 7.92. The second kappa shape index (κ2) is 6.81. The molecule has 0 aliphatic rings. The number of nitrogens with zero attached hydrogens (tertiary/aromatic N) is 1. The topological polar surface area (TPSA) is 47.0 Å². The van der Waals surface area contributed by atoms with E-state index in [1.165, 1.54) is 34.3 Å². The summed E-state index contributed by atoms with van der Waals surface area (Å²) < 4.78 is 23.6. The summed E-state index contributed by atoms with van der Waals surface area (Å²) in [6.45, 7) is 8.35. The van der Waals surface area contributed by atoms with Crippen LogP contribution in [0.1, 0.15) is 22.3 Å². The summed E-state index contributed by atoms with van der Waals surface area (Å²) in [6, 6.07) is 12.3. The number of aromatic nitrogens is 1. The molecule has 0 N–H and O–H groups in total. The molecule has 1 heterocycles. The van der Waals surface area contributed by atoms with Gasteiger partial charge in [0.1, 0.15) is 0 Å². The van der Waals surface area contributed by atoms with E-state index in [-0.39, 0.29) is 4.34 Å². The predicted molar refractivity (Wildman–Crippen MR) is 98.1 cm³/mol. The molecule has 0 atom stereocenters. The Morgan fingerprint density at radius 2 is 1.35 bits per heavy atom. The van der Waals surface area contributed by atoms with Gasteiger partial charge in [0.15, 0.2) is 0 Å². The van der Waals surface area contributed by atoms with Crippen LogP contribution in [0.2, 0.25) is 0 Å². The van der Waals surface area contributed by atoms with E-state index >= 15 is 0 Å². The molecule has 23 heavy (non-hydrogen) atoms. The van der Waals surface area contributed by atoms with E-state index in [2.05, 4.69) is 44.0 Å². The molecule has 3 rings (SSSR count). The fourth-order valence-corrected chi connectivity index (χ4v) is 4.31. The number of fused-ring (bicyclic) bond motifs is 1. The molecule has 5 heteroatoms. The van der Waals surface area contributed by atoms with Crippen LogP contribution in [0.15, 0.2) is 40.7 Å². The minimum atomic E-state index is -3.17. The van der Waals surface area contributed by atoms with Gasteiger partial charge in [0.25, 0.3) is 0 Å². The average Bonchev–Trinajstić information content (AvgIpc) is 2.80. The van der Waals surface area contributed by atoms with Crippen molar-refractivity contribution in [2.75, 3.05) is 6.26 Å². The van der Waals surface area contributed by atoms with E-state index in [0.717, 1.165) is 15.8 Å². The number of aryl methyl sites for hydroxylation is 4. The Morgan fingerprint density at radius 3 is 1.83 bits per heavy atom. The van der Waals surface area contributed by atoms with Gasteiger partial charge in [-0.05, 0) is 45.4 Å². The highest BCUT2D eigenvalue weighted by Gasteiger charge is 2.13. The Morgan fingerprint density at radius 1 is 0.826 bits per heavy atom. The van der Waals surface area contributed by atoms with Gasteiger partial charge in [0.05, 0.1) is 10.2 Å². The van der Waals surface area contributed by atoms with E-state index in [1.54, 1.807) is 0 Å². The largest absolute Gasteiger partial charge is 0.225 e. The van der Waals surface area contributed by atoms with Crippen molar-refractivity contribution in [2.24, 2.45) is 0 Å². The van der Waals surface area contributed by atoms with E-state index in [0.29, 0.717) is 0 Å². The van der Waals surface area contributed by atoms with Gasteiger partial charge in [-0.25, -0.2) is 13.4 Å². The van der Waals surface area contributed by atoms with Crippen molar-refractivity contribution >= 4 is 31.4 Å². The molecule has 0 aliphatic heterocycles. The van der Waals surface area contributed by atoms with E-state index in [4.69, 9.17) is 0 Å². The molecule has 0 bridgehead atoms. The SMILES string of the molecule is Cc1cc(C)cc(C)c1.Cc1ccc2nc(S(C)(=O)=O)sc2c1. The highest BCUT2D eigenvalue weighted by atomic mass is 32.2. The summed E-state index contributed by atoms with van der Waals surface area (Å²) in [5.74, 6) is 0. The maximum Gasteiger partial charge on any atom is 0.210 e. The average molecular weight is 348 g/mol. The predicted octanol–water partition coefficient (Wildman–Crippen LogP) is 4.62. The fraction of sp³-hybridized carbons (Fsp3) is 0.278. The van der Waals surface area contributed by atoms with Gasteiger partial charge < -0.3 is 0 Å². The molecule has 0 saturated carbocycles. The summed E-state index contributed by atoms with van der Waals surface area (Å²) in [4.78, 5) is 4.06. The van der Waals surface area contributed by atoms with Crippen LogP contribution in [0, 0.1) is 27.7 Å². The zero-order valence-corrected chi connectivity index (χ0v) is 15.7. The first-order chi connectivity index (χ1) is 10.6. The second-order valence-electron chi connectivity index (χ2n) is 5.89. The van der Waals surface area contributed by atoms with Crippen molar-refractivity contribution in [3.8, 4) is 0 Å². The molecule has 2 aromatic carbocycles. The lowest BCUT2D eigenvalue weighted by atomic mass is 10.1. The van der Waals surface area contributed by atoms with Crippen LogP contribution in [0.5, 0.6) is 0 Å². The monoisotopic (exact) mass is 347 g/mol. The molecule has 0 radical (unpaired) electrons. The zero-order chi connectivity index (χ0) is 17.2.